The molecule has 2 rings (SSSR count). The van der Waals surface area contributed by atoms with Crippen molar-refractivity contribution in [2.24, 2.45) is 0 Å². The number of thioether (sulfide) groups is 1. The summed E-state index contributed by atoms with van der Waals surface area (Å²) in [7, 11) is 0. The highest BCUT2D eigenvalue weighted by Gasteiger charge is 2.33. The first-order valence-electron chi connectivity index (χ1n) is 5.84. The number of terminal acetylenes is 1. The van der Waals surface area contributed by atoms with E-state index >= 15 is 0 Å². The third kappa shape index (κ3) is 2.46. The van der Waals surface area contributed by atoms with Crippen LogP contribution in [0.1, 0.15) is 17.9 Å². The zero-order valence-electron chi connectivity index (χ0n) is 10.3. The van der Waals surface area contributed by atoms with Crippen LogP contribution in [0.15, 0.2) is 24.3 Å². The number of rotatable bonds is 4. The summed E-state index contributed by atoms with van der Waals surface area (Å²) in [5.74, 6) is 3.94. The molecule has 1 aromatic carbocycles. The Morgan fingerprint density at radius 1 is 1.56 bits per heavy atom. The Labute approximate surface area is 112 Å². The normalized spacial score (nSPS) is 18.8. The van der Waals surface area contributed by atoms with E-state index in [0.717, 1.165) is 11.3 Å². The lowest BCUT2D eigenvalue weighted by Crippen LogP contribution is -2.28. The van der Waals surface area contributed by atoms with Crippen molar-refractivity contribution in [3.8, 4) is 18.1 Å². The van der Waals surface area contributed by atoms with Crippen LogP contribution in [0.3, 0.4) is 0 Å². The van der Waals surface area contributed by atoms with Gasteiger partial charge in [-0.2, -0.15) is 0 Å². The molecule has 0 aliphatic carbocycles. The molecule has 0 spiro atoms. The Bertz CT molecular complexity index is 481. The highest BCUT2D eigenvalue weighted by Crippen LogP contribution is 2.41. The third-order valence-electron chi connectivity index (χ3n) is 2.71. The summed E-state index contributed by atoms with van der Waals surface area (Å²) in [4.78, 5) is 13.5. The molecule has 18 heavy (non-hydrogen) atoms. The van der Waals surface area contributed by atoms with Crippen LogP contribution in [-0.2, 0) is 4.79 Å². The highest BCUT2D eigenvalue weighted by molar-refractivity contribution is 8.00. The Balaban J connectivity index is 2.30. The minimum atomic E-state index is -0.0312. The Morgan fingerprint density at radius 3 is 3.06 bits per heavy atom. The number of ether oxygens (including phenoxy) is 1. The number of hydrogen-bond acceptors (Lipinski definition) is 3. The molecule has 94 valence electrons. The fourth-order valence-electron chi connectivity index (χ4n) is 1.95. The second kappa shape index (κ2) is 5.83. The predicted molar refractivity (Wildman–Crippen MR) is 73.4 cm³/mol. The van der Waals surface area contributed by atoms with E-state index in [0.29, 0.717) is 18.9 Å². The van der Waals surface area contributed by atoms with E-state index in [1.54, 1.807) is 16.7 Å². The maximum Gasteiger partial charge on any atom is 0.234 e. The first-order chi connectivity index (χ1) is 8.77. The first kappa shape index (κ1) is 12.8. The van der Waals surface area contributed by atoms with Gasteiger partial charge in [0.25, 0.3) is 0 Å². The molecule has 1 saturated heterocycles. The van der Waals surface area contributed by atoms with Crippen molar-refractivity contribution in [2.75, 3.05) is 18.9 Å². The molecule has 0 aromatic heterocycles. The summed E-state index contributed by atoms with van der Waals surface area (Å²) in [6, 6.07) is 7.80. The zero-order chi connectivity index (χ0) is 13.0. The molecule has 1 aliphatic rings. The summed E-state index contributed by atoms with van der Waals surface area (Å²) in [6.45, 7) is 2.90. The Kier molecular flexibility index (Phi) is 4.16. The van der Waals surface area contributed by atoms with Gasteiger partial charge >= 0.3 is 0 Å². The molecule has 1 aliphatic heterocycles. The van der Waals surface area contributed by atoms with E-state index in [1.165, 1.54) is 0 Å². The molecular weight excluding hydrogens is 246 g/mol. The third-order valence-corrected chi connectivity index (χ3v) is 3.95. The number of benzene rings is 1. The van der Waals surface area contributed by atoms with Crippen molar-refractivity contribution in [1.29, 1.82) is 0 Å². The maximum absolute atomic E-state index is 11.8. The van der Waals surface area contributed by atoms with Gasteiger partial charge in [-0.25, -0.2) is 0 Å². The Hall–Kier alpha value is -1.60. The van der Waals surface area contributed by atoms with E-state index in [4.69, 9.17) is 11.2 Å². The molecule has 1 heterocycles. The largest absolute Gasteiger partial charge is 0.493 e. The minimum absolute atomic E-state index is 0.0312. The van der Waals surface area contributed by atoms with Crippen molar-refractivity contribution in [3.63, 3.8) is 0 Å². The number of para-hydroxylation sites is 1. The van der Waals surface area contributed by atoms with Crippen LogP contribution in [0.2, 0.25) is 0 Å². The SMILES string of the molecule is C#CCN1C(=O)CSC1c1ccccc1OCC. The van der Waals surface area contributed by atoms with Crippen LogP contribution in [-0.4, -0.2) is 29.7 Å². The lowest BCUT2D eigenvalue weighted by Gasteiger charge is -2.23. The molecule has 4 heteroatoms. The fraction of sp³-hybridized carbons (Fsp3) is 0.357. The number of carbonyl (C=O) groups is 1. The average Bonchev–Trinajstić information content (AvgIpc) is 2.73. The van der Waals surface area contributed by atoms with Crippen molar-refractivity contribution < 1.29 is 9.53 Å². The Morgan fingerprint density at radius 2 is 2.33 bits per heavy atom. The van der Waals surface area contributed by atoms with Crippen molar-refractivity contribution in [3.05, 3.63) is 29.8 Å². The van der Waals surface area contributed by atoms with E-state index in [1.807, 2.05) is 31.2 Å². The van der Waals surface area contributed by atoms with Gasteiger partial charge in [0.05, 0.1) is 18.9 Å². The van der Waals surface area contributed by atoms with E-state index in [2.05, 4.69) is 5.92 Å². The van der Waals surface area contributed by atoms with E-state index in [9.17, 15) is 4.79 Å². The van der Waals surface area contributed by atoms with Gasteiger partial charge in [0.15, 0.2) is 0 Å². The van der Waals surface area contributed by atoms with Gasteiger partial charge in [-0.3, -0.25) is 4.79 Å². The van der Waals surface area contributed by atoms with Crippen LogP contribution >= 0.6 is 11.8 Å². The number of hydrogen-bond donors (Lipinski definition) is 0. The molecular formula is C14H15NO2S. The molecule has 0 N–H and O–H groups in total. The van der Waals surface area contributed by atoms with Gasteiger partial charge in [0, 0.05) is 5.56 Å². The van der Waals surface area contributed by atoms with Crippen LogP contribution in [0, 0.1) is 12.3 Å². The number of nitrogens with zero attached hydrogens (tertiary/aromatic N) is 1. The van der Waals surface area contributed by atoms with Crippen molar-refractivity contribution in [2.45, 2.75) is 12.3 Å². The lowest BCUT2D eigenvalue weighted by atomic mass is 10.2. The van der Waals surface area contributed by atoms with Gasteiger partial charge in [-0.1, -0.05) is 24.1 Å². The highest BCUT2D eigenvalue weighted by atomic mass is 32.2. The van der Waals surface area contributed by atoms with Crippen LogP contribution in [0.5, 0.6) is 5.75 Å². The second-order valence-electron chi connectivity index (χ2n) is 3.86. The fourth-order valence-corrected chi connectivity index (χ4v) is 3.17. The molecule has 0 bridgehead atoms. The lowest BCUT2D eigenvalue weighted by molar-refractivity contribution is -0.127. The molecule has 0 saturated carbocycles. The van der Waals surface area contributed by atoms with Gasteiger partial charge in [-0.05, 0) is 13.0 Å². The number of carbonyl (C=O) groups excluding carboxylic acids is 1. The van der Waals surface area contributed by atoms with Gasteiger partial charge in [-0.15, -0.1) is 18.2 Å². The maximum atomic E-state index is 11.8. The quantitative estimate of drug-likeness (QED) is 0.779. The van der Waals surface area contributed by atoms with Crippen LogP contribution in [0.25, 0.3) is 0 Å². The van der Waals surface area contributed by atoms with Crippen LogP contribution < -0.4 is 4.74 Å². The smallest absolute Gasteiger partial charge is 0.234 e. The molecule has 1 fully saturated rings. The molecule has 1 aromatic rings. The summed E-state index contributed by atoms with van der Waals surface area (Å²) in [5, 5.41) is -0.0312. The molecule has 1 atom stereocenters. The van der Waals surface area contributed by atoms with Crippen molar-refractivity contribution in [1.82, 2.24) is 4.90 Å². The molecule has 1 unspecified atom stereocenters. The molecule has 0 radical (unpaired) electrons. The second-order valence-corrected chi connectivity index (χ2v) is 4.93. The van der Waals surface area contributed by atoms with E-state index < -0.39 is 0 Å². The minimum Gasteiger partial charge on any atom is -0.493 e. The number of amides is 1. The summed E-state index contributed by atoms with van der Waals surface area (Å²) >= 11 is 1.59. The monoisotopic (exact) mass is 261 g/mol. The standard InChI is InChI=1S/C14H15NO2S/c1-3-9-15-13(16)10-18-14(15)11-7-5-6-8-12(11)17-4-2/h1,5-8,14H,4,9-10H2,2H3. The summed E-state index contributed by atoms with van der Waals surface area (Å²) in [5.41, 5.74) is 1.02. The predicted octanol–water partition coefficient (Wildman–Crippen LogP) is 2.29. The molecule has 1 amide bonds. The summed E-state index contributed by atoms with van der Waals surface area (Å²) in [6.07, 6.45) is 5.32. The molecule has 3 nitrogen and oxygen atoms in total. The van der Waals surface area contributed by atoms with Gasteiger partial charge < -0.3 is 9.64 Å². The van der Waals surface area contributed by atoms with Gasteiger partial charge in [0.1, 0.15) is 11.1 Å². The van der Waals surface area contributed by atoms with Crippen molar-refractivity contribution >= 4 is 17.7 Å². The topological polar surface area (TPSA) is 29.5 Å². The average molecular weight is 261 g/mol. The zero-order valence-corrected chi connectivity index (χ0v) is 11.1. The van der Waals surface area contributed by atoms with Crippen LogP contribution in [0.4, 0.5) is 0 Å². The van der Waals surface area contributed by atoms with E-state index in [-0.39, 0.29) is 11.3 Å². The summed E-state index contributed by atoms with van der Waals surface area (Å²) < 4.78 is 5.61. The first-order valence-corrected chi connectivity index (χ1v) is 6.89. The van der Waals surface area contributed by atoms with Gasteiger partial charge in [0.2, 0.25) is 5.91 Å².